The van der Waals surface area contributed by atoms with Gasteiger partial charge in [-0.05, 0) is 43.5 Å². The summed E-state index contributed by atoms with van der Waals surface area (Å²) in [5, 5.41) is 0.777. The van der Waals surface area contributed by atoms with Crippen LogP contribution in [0.2, 0.25) is 5.02 Å². The van der Waals surface area contributed by atoms with Crippen LogP contribution in [-0.4, -0.2) is 55.8 Å². The van der Waals surface area contributed by atoms with Gasteiger partial charge in [0.05, 0.1) is 12.1 Å². The van der Waals surface area contributed by atoms with E-state index in [9.17, 15) is 0 Å². The summed E-state index contributed by atoms with van der Waals surface area (Å²) in [6.07, 6.45) is 3.86. The molecule has 0 bridgehead atoms. The second-order valence-corrected chi connectivity index (χ2v) is 7.39. The van der Waals surface area contributed by atoms with Crippen molar-refractivity contribution < 1.29 is 4.74 Å². The molecule has 6 heteroatoms. The number of aliphatic imine (C=N–C) groups is 1. The van der Waals surface area contributed by atoms with Crippen molar-refractivity contribution in [2.75, 3.05) is 37.7 Å². The van der Waals surface area contributed by atoms with Crippen molar-refractivity contribution in [1.29, 1.82) is 0 Å². The van der Waals surface area contributed by atoms with E-state index in [1.54, 1.807) is 0 Å². The van der Waals surface area contributed by atoms with Crippen LogP contribution in [0.5, 0.6) is 0 Å². The minimum Gasteiger partial charge on any atom is -0.378 e. The van der Waals surface area contributed by atoms with Gasteiger partial charge in [-0.2, -0.15) is 0 Å². The lowest BCUT2D eigenvalue weighted by Crippen LogP contribution is -2.54. The summed E-state index contributed by atoms with van der Waals surface area (Å²) < 4.78 is 5.77. The van der Waals surface area contributed by atoms with Crippen LogP contribution in [0, 0.1) is 5.92 Å². The lowest BCUT2D eigenvalue weighted by Gasteiger charge is -2.46. The Balaban J connectivity index is 1.32. The molecule has 1 aromatic rings. The molecule has 130 valence electrons. The Bertz CT molecular complexity index is 598. The SMILES string of the molecule is NC(=NC1CC2OCCCC12)N1CCN(c2ccc(Cl)cc2)CC1. The standard InChI is InChI=1S/C18H25ClN4O/c19-13-3-5-14(6-4-13)22-7-9-23(10-8-22)18(20)21-16-12-17-15(16)2-1-11-24-17/h3-6,15-17H,1-2,7-12H2,(H2,20,21). The van der Waals surface area contributed by atoms with Gasteiger partial charge in [0.15, 0.2) is 5.96 Å². The van der Waals surface area contributed by atoms with E-state index in [1.807, 2.05) is 12.1 Å². The van der Waals surface area contributed by atoms with Crippen LogP contribution in [0.4, 0.5) is 5.69 Å². The number of anilines is 1. The molecule has 0 amide bonds. The molecule has 2 heterocycles. The Morgan fingerprint density at radius 1 is 1.17 bits per heavy atom. The molecule has 3 aliphatic rings. The second kappa shape index (κ2) is 6.81. The van der Waals surface area contributed by atoms with Gasteiger partial charge in [-0.3, -0.25) is 0 Å². The maximum atomic E-state index is 6.28. The largest absolute Gasteiger partial charge is 0.378 e. The summed E-state index contributed by atoms with van der Waals surface area (Å²) in [4.78, 5) is 9.39. The normalized spacial score (nSPS) is 30.7. The third-order valence-electron chi connectivity index (χ3n) is 5.55. The van der Waals surface area contributed by atoms with E-state index in [-0.39, 0.29) is 0 Å². The molecule has 0 radical (unpaired) electrons. The number of nitrogens with zero attached hydrogens (tertiary/aromatic N) is 3. The molecule has 3 atom stereocenters. The van der Waals surface area contributed by atoms with E-state index in [0.717, 1.165) is 50.7 Å². The van der Waals surface area contributed by atoms with E-state index >= 15 is 0 Å². The van der Waals surface area contributed by atoms with Crippen LogP contribution >= 0.6 is 11.6 Å². The molecule has 4 rings (SSSR count). The highest BCUT2D eigenvalue weighted by atomic mass is 35.5. The Morgan fingerprint density at radius 3 is 2.62 bits per heavy atom. The molecular formula is C18H25ClN4O. The van der Waals surface area contributed by atoms with Crippen molar-refractivity contribution in [2.24, 2.45) is 16.6 Å². The Morgan fingerprint density at radius 2 is 1.92 bits per heavy atom. The molecule has 2 aliphatic heterocycles. The number of halogens is 1. The summed E-state index contributed by atoms with van der Waals surface area (Å²) in [6.45, 7) is 4.65. The summed E-state index contributed by atoms with van der Waals surface area (Å²) in [5.74, 6) is 1.30. The monoisotopic (exact) mass is 348 g/mol. The fourth-order valence-electron chi connectivity index (χ4n) is 4.01. The summed E-state index contributed by atoms with van der Waals surface area (Å²) >= 11 is 5.96. The zero-order valence-electron chi connectivity index (χ0n) is 13.9. The van der Waals surface area contributed by atoms with E-state index in [2.05, 4.69) is 21.9 Å². The van der Waals surface area contributed by atoms with Crippen molar-refractivity contribution in [1.82, 2.24) is 4.90 Å². The first-order chi connectivity index (χ1) is 11.7. The summed E-state index contributed by atoms with van der Waals surface area (Å²) in [6, 6.07) is 8.40. The highest BCUT2D eigenvalue weighted by molar-refractivity contribution is 6.30. The average Bonchev–Trinajstić information content (AvgIpc) is 2.60. The Labute approximate surface area is 148 Å². The zero-order chi connectivity index (χ0) is 16.5. The van der Waals surface area contributed by atoms with Gasteiger partial charge in [-0.15, -0.1) is 0 Å². The molecular weight excluding hydrogens is 324 g/mol. The molecule has 3 fully saturated rings. The first kappa shape index (κ1) is 16.0. The van der Waals surface area contributed by atoms with Crippen LogP contribution < -0.4 is 10.6 Å². The number of guanidine groups is 1. The molecule has 1 saturated carbocycles. The Hall–Kier alpha value is -1.46. The van der Waals surface area contributed by atoms with E-state index < -0.39 is 0 Å². The van der Waals surface area contributed by atoms with Gasteiger partial charge in [0.25, 0.3) is 0 Å². The third-order valence-corrected chi connectivity index (χ3v) is 5.80. The molecule has 1 aromatic carbocycles. The van der Waals surface area contributed by atoms with Gasteiger partial charge in [-0.25, -0.2) is 4.99 Å². The number of nitrogens with two attached hydrogens (primary N) is 1. The molecule has 1 aliphatic carbocycles. The first-order valence-corrected chi connectivity index (χ1v) is 9.29. The lowest BCUT2D eigenvalue weighted by atomic mass is 9.73. The maximum absolute atomic E-state index is 6.28. The molecule has 2 N–H and O–H groups in total. The topological polar surface area (TPSA) is 54.1 Å². The smallest absolute Gasteiger partial charge is 0.191 e. The van der Waals surface area contributed by atoms with Crippen molar-refractivity contribution in [3.8, 4) is 0 Å². The molecule has 5 nitrogen and oxygen atoms in total. The second-order valence-electron chi connectivity index (χ2n) is 6.96. The van der Waals surface area contributed by atoms with Crippen molar-refractivity contribution >= 4 is 23.2 Å². The third kappa shape index (κ3) is 3.20. The lowest BCUT2D eigenvalue weighted by molar-refractivity contribution is -0.0939. The average molecular weight is 349 g/mol. The molecule has 0 spiro atoms. The van der Waals surface area contributed by atoms with Gasteiger partial charge in [0.1, 0.15) is 0 Å². The number of fused-ring (bicyclic) bond motifs is 1. The molecule has 0 aromatic heterocycles. The van der Waals surface area contributed by atoms with E-state index in [0.29, 0.717) is 24.0 Å². The van der Waals surface area contributed by atoms with Crippen LogP contribution in [0.25, 0.3) is 0 Å². The molecule has 24 heavy (non-hydrogen) atoms. The fourth-order valence-corrected chi connectivity index (χ4v) is 4.13. The number of ether oxygens (including phenoxy) is 1. The number of hydrogen-bond donors (Lipinski definition) is 1. The highest BCUT2D eigenvalue weighted by Gasteiger charge is 2.43. The van der Waals surface area contributed by atoms with E-state index in [4.69, 9.17) is 27.1 Å². The number of benzene rings is 1. The minimum atomic E-state index is 0.365. The summed E-state index contributed by atoms with van der Waals surface area (Å²) in [5.41, 5.74) is 7.50. The quantitative estimate of drug-likeness (QED) is 0.658. The van der Waals surface area contributed by atoms with Gasteiger partial charge in [0.2, 0.25) is 0 Å². The van der Waals surface area contributed by atoms with Crippen molar-refractivity contribution in [3.63, 3.8) is 0 Å². The van der Waals surface area contributed by atoms with Crippen LogP contribution in [0.1, 0.15) is 19.3 Å². The fraction of sp³-hybridized carbons (Fsp3) is 0.611. The van der Waals surface area contributed by atoms with Crippen molar-refractivity contribution in [2.45, 2.75) is 31.4 Å². The first-order valence-electron chi connectivity index (χ1n) is 8.91. The Kier molecular flexibility index (Phi) is 4.55. The molecule has 3 unspecified atom stereocenters. The zero-order valence-corrected chi connectivity index (χ0v) is 14.7. The number of rotatable bonds is 2. The number of hydrogen-bond acceptors (Lipinski definition) is 3. The minimum absolute atomic E-state index is 0.365. The number of piperazine rings is 1. The highest BCUT2D eigenvalue weighted by Crippen LogP contribution is 2.39. The maximum Gasteiger partial charge on any atom is 0.191 e. The van der Waals surface area contributed by atoms with Gasteiger partial charge < -0.3 is 20.3 Å². The van der Waals surface area contributed by atoms with Crippen LogP contribution in [0.15, 0.2) is 29.3 Å². The van der Waals surface area contributed by atoms with Crippen molar-refractivity contribution in [3.05, 3.63) is 29.3 Å². The van der Waals surface area contributed by atoms with Crippen LogP contribution in [0.3, 0.4) is 0 Å². The van der Waals surface area contributed by atoms with Gasteiger partial charge in [-0.1, -0.05) is 11.6 Å². The summed E-state index contributed by atoms with van der Waals surface area (Å²) in [7, 11) is 0. The van der Waals surface area contributed by atoms with Gasteiger partial charge >= 0.3 is 0 Å². The van der Waals surface area contributed by atoms with E-state index in [1.165, 1.54) is 12.1 Å². The molecule has 2 saturated heterocycles. The van der Waals surface area contributed by atoms with Gasteiger partial charge in [0, 0.05) is 49.4 Å². The predicted octanol–water partition coefficient (Wildman–Crippen LogP) is 2.34. The van der Waals surface area contributed by atoms with Crippen LogP contribution in [-0.2, 0) is 4.74 Å². The predicted molar refractivity (Wildman–Crippen MR) is 97.7 cm³/mol.